The van der Waals surface area contributed by atoms with Gasteiger partial charge in [-0.25, -0.2) is 8.42 Å². The Balaban J connectivity index is 1.65. The van der Waals surface area contributed by atoms with Gasteiger partial charge in [0, 0.05) is 5.56 Å². The third-order valence-corrected chi connectivity index (χ3v) is 6.92. The van der Waals surface area contributed by atoms with Crippen LogP contribution >= 0.6 is 0 Å². The molecule has 1 aliphatic rings. The number of ether oxygens (including phenoxy) is 2. The van der Waals surface area contributed by atoms with Crippen molar-refractivity contribution in [2.45, 2.75) is 18.4 Å². The average molecular weight is 392 g/mol. The molecule has 2 aromatic rings. The van der Waals surface area contributed by atoms with Crippen LogP contribution < -0.4 is 14.4 Å². The molecule has 2 aromatic carbocycles. The van der Waals surface area contributed by atoms with E-state index in [1.54, 1.807) is 42.8 Å². The van der Waals surface area contributed by atoms with E-state index in [0.29, 0.717) is 23.7 Å². The van der Waals surface area contributed by atoms with Crippen LogP contribution in [0, 0.1) is 6.92 Å². The molecule has 6 nitrogen and oxygen atoms in total. The summed E-state index contributed by atoms with van der Waals surface area (Å²) in [6.07, 6.45) is 0. The van der Waals surface area contributed by atoms with E-state index in [-0.39, 0.29) is 0 Å². The van der Waals surface area contributed by atoms with Gasteiger partial charge >= 0.3 is 0 Å². The molecule has 1 saturated heterocycles. The summed E-state index contributed by atoms with van der Waals surface area (Å²) < 4.78 is 37.8. The first kappa shape index (κ1) is 19.7. The van der Waals surface area contributed by atoms with Gasteiger partial charge < -0.3 is 14.4 Å². The number of hydrogen-bond acceptors (Lipinski definition) is 4. The molecule has 0 spiro atoms. The summed E-state index contributed by atoms with van der Waals surface area (Å²) in [6.45, 7) is 5.47. The number of quaternary nitrogens is 1. The van der Waals surface area contributed by atoms with Crippen LogP contribution in [-0.4, -0.2) is 53.1 Å². The second kappa shape index (κ2) is 8.29. The Bertz CT molecular complexity index is 873. The Morgan fingerprint density at radius 3 is 2.26 bits per heavy atom. The molecular formula is C20H27N2O4S+. The molecule has 1 heterocycles. The number of sulfonamides is 1. The fourth-order valence-electron chi connectivity index (χ4n) is 3.43. The van der Waals surface area contributed by atoms with Crippen molar-refractivity contribution in [3.8, 4) is 11.5 Å². The number of rotatable bonds is 6. The van der Waals surface area contributed by atoms with Crippen molar-refractivity contribution in [1.29, 1.82) is 0 Å². The van der Waals surface area contributed by atoms with Gasteiger partial charge in [-0.1, -0.05) is 11.6 Å². The quantitative estimate of drug-likeness (QED) is 0.801. The van der Waals surface area contributed by atoms with Gasteiger partial charge in [0.2, 0.25) is 10.0 Å². The molecule has 1 aliphatic heterocycles. The molecular weight excluding hydrogens is 364 g/mol. The van der Waals surface area contributed by atoms with Gasteiger partial charge in [0.25, 0.3) is 0 Å². The van der Waals surface area contributed by atoms with Crippen LogP contribution in [0.4, 0.5) is 0 Å². The van der Waals surface area contributed by atoms with E-state index in [0.717, 1.165) is 25.4 Å². The largest absolute Gasteiger partial charge is 0.497 e. The minimum atomic E-state index is -3.46. The highest BCUT2D eigenvalue weighted by Crippen LogP contribution is 2.20. The summed E-state index contributed by atoms with van der Waals surface area (Å²) in [5.41, 5.74) is 2.37. The van der Waals surface area contributed by atoms with Gasteiger partial charge in [0.15, 0.2) is 0 Å². The Kier molecular flexibility index (Phi) is 6.04. The van der Waals surface area contributed by atoms with Crippen LogP contribution in [-0.2, 0) is 16.6 Å². The van der Waals surface area contributed by atoms with Crippen LogP contribution in [0.5, 0.6) is 11.5 Å². The minimum absolute atomic E-state index is 0.312. The molecule has 7 heteroatoms. The zero-order valence-electron chi connectivity index (χ0n) is 16.1. The summed E-state index contributed by atoms with van der Waals surface area (Å²) in [4.78, 5) is 1.67. The Labute approximate surface area is 161 Å². The lowest BCUT2D eigenvalue weighted by atomic mass is 10.1. The lowest BCUT2D eigenvalue weighted by Gasteiger charge is -2.31. The molecule has 0 bridgehead atoms. The number of piperazine rings is 1. The van der Waals surface area contributed by atoms with Crippen LogP contribution in [0.25, 0.3) is 0 Å². The molecule has 1 fully saturated rings. The van der Waals surface area contributed by atoms with Gasteiger partial charge in [-0.05, 0) is 43.3 Å². The maximum absolute atomic E-state index is 12.9. The molecule has 146 valence electrons. The first-order valence-electron chi connectivity index (χ1n) is 9.05. The number of nitrogens with zero attached hydrogens (tertiary/aromatic N) is 1. The Hall–Kier alpha value is -2.09. The van der Waals surface area contributed by atoms with E-state index in [1.807, 2.05) is 12.1 Å². The van der Waals surface area contributed by atoms with Crippen LogP contribution in [0.1, 0.15) is 11.1 Å². The lowest BCUT2D eigenvalue weighted by molar-refractivity contribution is -0.917. The molecule has 1 N–H and O–H groups in total. The van der Waals surface area contributed by atoms with Gasteiger partial charge in [-0.2, -0.15) is 4.31 Å². The maximum Gasteiger partial charge on any atom is 0.243 e. The summed E-state index contributed by atoms with van der Waals surface area (Å²) in [5.74, 6) is 1.54. The van der Waals surface area contributed by atoms with Crippen molar-refractivity contribution in [2.24, 2.45) is 0 Å². The normalized spacial score (nSPS) is 16.3. The molecule has 0 aromatic heterocycles. The van der Waals surface area contributed by atoms with Crippen molar-refractivity contribution >= 4 is 10.0 Å². The predicted molar refractivity (Wildman–Crippen MR) is 104 cm³/mol. The van der Waals surface area contributed by atoms with Crippen molar-refractivity contribution in [1.82, 2.24) is 4.31 Å². The fraction of sp³-hybridized carbons (Fsp3) is 0.400. The monoisotopic (exact) mass is 391 g/mol. The van der Waals surface area contributed by atoms with Gasteiger partial charge in [0.1, 0.15) is 18.0 Å². The molecule has 0 unspecified atom stereocenters. The minimum Gasteiger partial charge on any atom is -0.497 e. The second-order valence-electron chi connectivity index (χ2n) is 6.82. The summed E-state index contributed by atoms with van der Waals surface area (Å²) >= 11 is 0. The van der Waals surface area contributed by atoms with Crippen molar-refractivity contribution in [2.75, 3.05) is 40.4 Å². The highest BCUT2D eigenvalue weighted by Gasteiger charge is 2.30. The smallest absolute Gasteiger partial charge is 0.243 e. The molecule has 0 atom stereocenters. The van der Waals surface area contributed by atoms with Crippen molar-refractivity contribution in [3.05, 3.63) is 53.6 Å². The SMILES string of the molecule is COc1ccc(S(=O)(=O)N2CC[NH+](Cc3cc(C)ccc3OC)CC2)cc1. The molecule has 0 saturated carbocycles. The number of aryl methyl sites for hydroxylation is 1. The zero-order valence-corrected chi connectivity index (χ0v) is 16.9. The highest BCUT2D eigenvalue weighted by molar-refractivity contribution is 7.89. The van der Waals surface area contributed by atoms with E-state index in [9.17, 15) is 8.42 Å². The van der Waals surface area contributed by atoms with Crippen LogP contribution in [0.15, 0.2) is 47.4 Å². The van der Waals surface area contributed by atoms with Crippen molar-refractivity contribution < 1.29 is 22.8 Å². The van der Waals surface area contributed by atoms with Gasteiger partial charge in [-0.15, -0.1) is 0 Å². The zero-order chi connectivity index (χ0) is 19.4. The first-order chi connectivity index (χ1) is 12.9. The number of hydrogen-bond donors (Lipinski definition) is 1. The van der Waals surface area contributed by atoms with E-state index in [2.05, 4.69) is 13.0 Å². The molecule has 27 heavy (non-hydrogen) atoms. The molecule has 0 amide bonds. The third-order valence-electron chi connectivity index (χ3n) is 5.00. The number of methoxy groups -OCH3 is 2. The highest BCUT2D eigenvalue weighted by atomic mass is 32.2. The summed E-state index contributed by atoms with van der Waals surface area (Å²) in [6, 6.07) is 12.7. The maximum atomic E-state index is 12.9. The second-order valence-corrected chi connectivity index (χ2v) is 8.76. The predicted octanol–water partition coefficient (Wildman–Crippen LogP) is 1.10. The topological polar surface area (TPSA) is 60.3 Å². The fourth-order valence-corrected chi connectivity index (χ4v) is 4.87. The van der Waals surface area contributed by atoms with Gasteiger partial charge in [0.05, 0.1) is 45.3 Å². The van der Waals surface area contributed by atoms with Gasteiger partial charge in [-0.3, -0.25) is 0 Å². The summed E-state index contributed by atoms with van der Waals surface area (Å²) in [5, 5.41) is 0. The van der Waals surface area contributed by atoms with Crippen LogP contribution in [0.2, 0.25) is 0 Å². The Morgan fingerprint density at radius 2 is 1.67 bits per heavy atom. The van der Waals surface area contributed by atoms with E-state index in [1.165, 1.54) is 16.0 Å². The molecule has 0 radical (unpaired) electrons. The average Bonchev–Trinajstić information content (AvgIpc) is 2.68. The van der Waals surface area contributed by atoms with Crippen LogP contribution in [0.3, 0.4) is 0 Å². The van der Waals surface area contributed by atoms with E-state index >= 15 is 0 Å². The number of nitrogens with one attached hydrogen (secondary N) is 1. The third kappa shape index (κ3) is 4.43. The molecule has 0 aliphatic carbocycles. The first-order valence-corrected chi connectivity index (χ1v) is 10.5. The summed E-state index contributed by atoms with van der Waals surface area (Å²) in [7, 11) is -0.215. The van der Waals surface area contributed by atoms with E-state index < -0.39 is 10.0 Å². The lowest BCUT2D eigenvalue weighted by Crippen LogP contribution is -3.13. The van der Waals surface area contributed by atoms with E-state index in [4.69, 9.17) is 9.47 Å². The molecule has 3 rings (SSSR count). The Morgan fingerprint density at radius 1 is 1.00 bits per heavy atom. The number of benzene rings is 2. The van der Waals surface area contributed by atoms with Crippen molar-refractivity contribution in [3.63, 3.8) is 0 Å². The standard InChI is InChI=1S/C20H26N2O4S/c1-16-4-9-20(26-3)17(14-16)15-21-10-12-22(13-11-21)27(23,24)19-7-5-18(25-2)6-8-19/h4-9,14H,10-13,15H2,1-3H3/p+1.